The molecule has 1 fully saturated rings. The van der Waals surface area contributed by atoms with Crippen molar-refractivity contribution in [3.8, 4) is 0 Å². The van der Waals surface area contributed by atoms with Crippen molar-refractivity contribution in [2.24, 2.45) is 5.92 Å². The van der Waals surface area contributed by atoms with Gasteiger partial charge < -0.3 is 5.11 Å². The van der Waals surface area contributed by atoms with Gasteiger partial charge in [0.25, 0.3) is 0 Å². The molecule has 1 aliphatic carbocycles. The summed E-state index contributed by atoms with van der Waals surface area (Å²) in [4.78, 5) is 5.54. The van der Waals surface area contributed by atoms with Crippen LogP contribution < -0.4 is 0 Å². The van der Waals surface area contributed by atoms with Crippen molar-refractivity contribution >= 4 is 16.3 Å². The van der Waals surface area contributed by atoms with Crippen molar-refractivity contribution in [3.05, 3.63) is 59.4 Å². The van der Waals surface area contributed by atoms with E-state index < -0.39 is 0 Å². The molecule has 0 amide bonds. The normalized spacial score (nSPS) is 23.1. The fourth-order valence-electron chi connectivity index (χ4n) is 2.96. The Labute approximate surface area is 121 Å². The molecule has 0 radical (unpaired) electrons. The van der Waals surface area contributed by atoms with E-state index in [0.717, 1.165) is 17.1 Å². The van der Waals surface area contributed by atoms with Crippen molar-refractivity contribution in [1.29, 1.82) is 0 Å². The summed E-state index contributed by atoms with van der Waals surface area (Å²) < 4.78 is 2.02. The van der Waals surface area contributed by atoms with Gasteiger partial charge in [0, 0.05) is 24.2 Å². The van der Waals surface area contributed by atoms with Crippen molar-refractivity contribution < 1.29 is 5.11 Å². The van der Waals surface area contributed by atoms with Crippen LogP contribution >= 0.6 is 11.3 Å². The van der Waals surface area contributed by atoms with Crippen LogP contribution in [0.5, 0.6) is 0 Å². The van der Waals surface area contributed by atoms with E-state index in [0.29, 0.717) is 18.3 Å². The predicted octanol–water partition coefficient (Wildman–Crippen LogP) is 3.10. The molecule has 0 bridgehead atoms. The van der Waals surface area contributed by atoms with E-state index >= 15 is 0 Å². The number of aliphatic hydroxyl groups is 1. The minimum atomic E-state index is -0.287. The second-order valence-corrected chi connectivity index (χ2v) is 6.39. The molecular weight excluding hydrogens is 268 g/mol. The Kier molecular flexibility index (Phi) is 2.86. The summed E-state index contributed by atoms with van der Waals surface area (Å²) in [5.41, 5.74) is 2.34. The second kappa shape index (κ2) is 4.72. The van der Waals surface area contributed by atoms with E-state index in [1.54, 1.807) is 11.3 Å². The minimum Gasteiger partial charge on any atom is -0.392 e. The van der Waals surface area contributed by atoms with Gasteiger partial charge in [-0.1, -0.05) is 30.3 Å². The molecule has 102 valence electrons. The van der Waals surface area contributed by atoms with E-state index in [1.165, 1.54) is 5.56 Å². The van der Waals surface area contributed by atoms with Gasteiger partial charge in [-0.15, -0.1) is 11.3 Å². The van der Waals surface area contributed by atoms with Crippen LogP contribution in [0.4, 0.5) is 0 Å². The number of fused-ring (bicyclic) bond motifs is 1. The maximum absolute atomic E-state index is 10.4. The number of benzene rings is 1. The average molecular weight is 284 g/mol. The third-order valence-corrected chi connectivity index (χ3v) is 4.89. The number of imidazole rings is 1. The Morgan fingerprint density at radius 2 is 2.20 bits per heavy atom. The van der Waals surface area contributed by atoms with Crippen LogP contribution in [0.15, 0.2) is 48.1 Å². The largest absolute Gasteiger partial charge is 0.392 e. The molecule has 20 heavy (non-hydrogen) atoms. The number of aromatic nitrogens is 2. The molecule has 1 N–H and O–H groups in total. The first-order chi connectivity index (χ1) is 9.81. The van der Waals surface area contributed by atoms with Gasteiger partial charge in [0.2, 0.25) is 0 Å². The topological polar surface area (TPSA) is 37.5 Å². The van der Waals surface area contributed by atoms with Gasteiger partial charge in [0.05, 0.1) is 11.8 Å². The van der Waals surface area contributed by atoms with Crippen LogP contribution in [-0.2, 0) is 6.42 Å². The molecule has 1 aromatic carbocycles. The highest BCUT2D eigenvalue weighted by Crippen LogP contribution is 2.49. The van der Waals surface area contributed by atoms with E-state index in [-0.39, 0.29) is 6.10 Å². The quantitative estimate of drug-likeness (QED) is 0.799. The van der Waals surface area contributed by atoms with E-state index in [2.05, 4.69) is 29.2 Å². The van der Waals surface area contributed by atoms with Crippen molar-refractivity contribution in [1.82, 2.24) is 9.38 Å². The third kappa shape index (κ3) is 2.15. The lowest BCUT2D eigenvalue weighted by Crippen LogP contribution is -2.14. The number of thiazole rings is 1. The molecule has 4 heteroatoms. The van der Waals surface area contributed by atoms with Gasteiger partial charge in [0.15, 0.2) is 4.96 Å². The van der Waals surface area contributed by atoms with E-state index in [9.17, 15) is 5.11 Å². The molecule has 0 aliphatic heterocycles. The molecule has 3 nitrogen and oxygen atoms in total. The highest BCUT2D eigenvalue weighted by molar-refractivity contribution is 7.15. The fourth-order valence-corrected chi connectivity index (χ4v) is 3.68. The number of hydrogen-bond acceptors (Lipinski definition) is 3. The molecule has 0 saturated heterocycles. The summed E-state index contributed by atoms with van der Waals surface area (Å²) in [6.07, 6.45) is 5.49. The van der Waals surface area contributed by atoms with Crippen LogP contribution in [0.25, 0.3) is 4.96 Å². The number of aliphatic hydroxyl groups excluding tert-OH is 1. The van der Waals surface area contributed by atoms with Crippen molar-refractivity contribution in [2.45, 2.75) is 24.9 Å². The van der Waals surface area contributed by atoms with Gasteiger partial charge in [-0.05, 0) is 23.8 Å². The van der Waals surface area contributed by atoms with Gasteiger partial charge in [0.1, 0.15) is 0 Å². The maximum Gasteiger partial charge on any atom is 0.193 e. The van der Waals surface area contributed by atoms with E-state index in [4.69, 9.17) is 0 Å². The summed E-state index contributed by atoms with van der Waals surface area (Å²) in [5.74, 6) is 0.909. The Hall–Kier alpha value is -1.65. The maximum atomic E-state index is 10.4. The molecule has 3 unspecified atom stereocenters. The molecule has 4 rings (SSSR count). The number of nitrogens with zero attached hydrogens (tertiary/aromatic N) is 2. The lowest BCUT2D eigenvalue weighted by atomic mass is 10.0. The van der Waals surface area contributed by atoms with Crippen LogP contribution in [0, 0.1) is 5.92 Å². The summed E-state index contributed by atoms with van der Waals surface area (Å²) >= 11 is 1.63. The molecule has 1 aliphatic rings. The zero-order chi connectivity index (χ0) is 13.5. The Morgan fingerprint density at radius 3 is 3.00 bits per heavy atom. The van der Waals surface area contributed by atoms with Crippen LogP contribution in [0.3, 0.4) is 0 Å². The zero-order valence-corrected chi connectivity index (χ0v) is 11.8. The lowest BCUT2D eigenvalue weighted by molar-refractivity contribution is 0.148. The average Bonchev–Trinajstić information content (AvgIpc) is 3.02. The van der Waals surface area contributed by atoms with Gasteiger partial charge in [-0.3, -0.25) is 4.40 Å². The highest BCUT2D eigenvalue weighted by atomic mass is 32.1. The lowest BCUT2D eigenvalue weighted by Gasteiger charge is -2.08. The van der Waals surface area contributed by atoms with Gasteiger partial charge in [-0.25, -0.2) is 4.98 Å². The van der Waals surface area contributed by atoms with Crippen LogP contribution in [0.1, 0.15) is 23.6 Å². The third-order valence-electron chi connectivity index (χ3n) is 4.12. The Morgan fingerprint density at radius 1 is 1.35 bits per heavy atom. The van der Waals surface area contributed by atoms with Crippen LogP contribution in [0.2, 0.25) is 0 Å². The monoisotopic (exact) mass is 284 g/mol. The molecule has 1 saturated carbocycles. The number of hydrogen-bond donors (Lipinski definition) is 1. The molecule has 3 atom stereocenters. The Bertz CT molecular complexity index is 690. The standard InChI is InChI=1S/C16H16N2OS/c19-15(8-12-10-18-6-7-20-16(18)17-12)14-9-13(14)11-4-2-1-3-5-11/h1-7,10,13-15,19H,8-9H2. The highest BCUT2D eigenvalue weighted by Gasteiger charge is 2.43. The summed E-state index contributed by atoms with van der Waals surface area (Å²) in [7, 11) is 0. The fraction of sp³-hybridized carbons (Fsp3) is 0.312. The molecular formula is C16H16N2OS. The Balaban J connectivity index is 1.44. The second-order valence-electron chi connectivity index (χ2n) is 5.51. The van der Waals surface area contributed by atoms with Crippen molar-refractivity contribution in [2.75, 3.05) is 0 Å². The molecule has 2 heterocycles. The summed E-state index contributed by atoms with van der Waals surface area (Å²) in [6, 6.07) is 10.5. The van der Waals surface area contributed by atoms with Crippen molar-refractivity contribution in [3.63, 3.8) is 0 Å². The summed E-state index contributed by atoms with van der Waals surface area (Å²) in [6.45, 7) is 0. The summed E-state index contributed by atoms with van der Waals surface area (Å²) in [5, 5.41) is 12.4. The molecule has 2 aromatic heterocycles. The minimum absolute atomic E-state index is 0.287. The van der Waals surface area contributed by atoms with Gasteiger partial charge >= 0.3 is 0 Å². The first-order valence-corrected chi connectivity index (χ1v) is 7.83. The van der Waals surface area contributed by atoms with E-state index in [1.807, 2.05) is 28.2 Å². The van der Waals surface area contributed by atoms with Crippen LogP contribution in [-0.4, -0.2) is 20.6 Å². The molecule has 0 spiro atoms. The first kappa shape index (κ1) is 12.1. The zero-order valence-electron chi connectivity index (χ0n) is 11.0. The SMILES string of the molecule is OC(Cc1cn2ccsc2n1)C1CC1c1ccccc1. The van der Waals surface area contributed by atoms with Gasteiger partial charge in [-0.2, -0.15) is 0 Å². The first-order valence-electron chi connectivity index (χ1n) is 6.95. The number of rotatable bonds is 4. The molecule has 3 aromatic rings. The smallest absolute Gasteiger partial charge is 0.193 e. The predicted molar refractivity (Wildman–Crippen MR) is 80.1 cm³/mol.